The van der Waals surface area contributed by atoms with Crippen LogP contribution in [0.1, 0.15) is 24.8 Å². The fourth-order valence-corrected chi connectivity index (χ4v) is 3.07. The summed E-state index contributed by atoms with van der Waals surface area (Å²) in [4.78, 5) is 15.6. The minimum Gasteiger partial charge on any atom is -0.481 e. The van der Waals surface area contributed by atoms with Crippen LogP contribution >= 0.6 is 0 Å². The first-order valence-corrected chi connectivity index (χ1v) is 6.56. The van der Waals surface area contributed by atoms with Crippen LogP contribution in [-0.2, 0) is 16.0 Å². The Morgan fingerprint density at radius 2 is 2.32 bits per heavy atom. The van der Waals surface area contributed by atoms with Gasteiger partial charge in [0.15, 0.2) is 0 Å². The van der Waals surface area contributed by atoms with Crippen molar-refractivity contribution in [3.63, 3.8) is 0 Å². The Labute approximate surface area is 110 Å². The molecule has 4 nitrogen and oxygen atoms in total. The van der Waals surface area contributed by atoms with Gasteiger partial charge in [-0.05, 0) is 43.2 Å². The Morgan fingerprint density at radius 1 is 1.53 bits per heavy atom. The summed E-state index contributed by atoms with van der Waals surface area (Å²) < 4.78 is 18.9. The topological polar surface area (TPSA) is 59.4 Å². The number of hydrogen-bond donors (Lipinski definition) is 1. The molecule has 19 heavy (non-hydrogen) atoms. The van der Waals surface area contributed by atoms with Crippen molar-refractivity contribution in [2.24, 2.45) is 11.3 Å². The highest BCUT2D eigenvalue weighted by Crippen LogP contribution is 2.49. The first-order valence-electron chi connectivity index (χ1n) is 6.56. The van der Waals surface area contributed by atoms with Crippen molar-refractivity contribution >= 4 is 5.97 Å². The molecule has 2 atom stereocenters. The average molecular weight is 265 g/mol. The van der Waals surface area contributed by atoms with Gasteiger partial charge in [-0.15, -0.1) is 0 Å². The Morgan fingerprint density at radius 3 is 2.95 bits per heavy atom. The number of rotatable bonds is 4. The molecular formula is C14H16FNO3. The number of halogens is 1. The lowest BCUT2D eigenvalue weighted by molar-refractivity contribution is -0.153. The van der Waals surface area contributed by atoms with Gasteiger partial charge < -0.3 is 9.84 Å². The highest BCUT2D eigenvalue weighted by molar-refractivity contribution is 5.76. The molecule has 0 aromatic carbocycles. The van der Waals surface area contributed by atoms with Crippen LogP contribution in [0, 0.1) is 17.2 Å². The minimum atomic E-state index is -0.920. The summed E-state index contributed by atoms with van der Waals surface area (Å²) in [5.41, 5.74) is -0.296. The van der Waals surface area contributed by atoms with E-state index >= 15 is 0 Å². The zero-order valence-corrected chi connectivity index (χ0v) is 10.5. The monoisotopic (exact) mass is 265 g/mol. The maximum absolute atomic E-state index is 13.2. The number of hydrogen-bond acceptors (Lipinski definition) is 3. The van der Waals surface area contributed by atoms with Gasteiger partial charge in [0.05, 0.1) is 12.3 Å². The molecule has 0 radical (unpaired) electrons. The second-order valence-corrected chi connectivity index (χ2v) is 5.53. The van der Waals surface area contributed by atoms with Crippen molar-refractivity contribution in [2.75, 3.05) is 6.61 Å². The van der Waals surface area contributed by atoms with Gasteiger partial charge in [-0.1, -0.05) is 0 Å². The first kappa shape index (κ1) is 12.5. The number of aliphatic carboxylic acids is 1. The Hall–Kier alpha value is -1.49. The van der Waals surface area contributed by atoms with Gasteiger partial charge in [0.1, 0.15) is 11.2 Å². The van der Waals surface area contributed by atoms with Crippen molar-refractivity contribution in [3.05, 3.63) is 29.8 Å². The molecule has 0 amide bonds. The van der Waals surface area contributed by atoms with Crippen molar-refractivity contribution in [2.45, 2.75) is 31.8 Å². The van der Waals surface area contributed by atoms with E-state index in [4.69, 9.17) is 4.74 Å². The lowest BCUT2D eigenvalue weighted by Crippen LogP contribution is -2.42. The van der Waals surface area contributed by atoms with Gasteiger partial charge in [0, 0.05) is 12.8 Å². The smallest absolute Gasteiger partial charge is 0.312 e. The summed E-state index contributed by atoms with van der Waals surface area (Å²) in [5.74, 6) is -0.925. The molecule has 2 aliphatic rings. The summed E-state index contributed by atoms with van der Waals surface area (Å²) in [6.07, 6.45) is 5.25. The molecule has 1 aliphatic heterocycles. The van der Waals surface area contributed by atoms with Gasteiger partial charge in [-0.3, -0.25) is 9.78 Å². The van der Waals surface area contributed by atoms with E-state index in [0.29, 0.717) is 24.5 Å². The number of nitrogens with zero attached hydrogens (tertiary/aromatic N) is 1. The van der Waals surface area contributed by atoms with E-state index in [1.54, 1.807) is 0 Å². The maximum atomic E-state index is 13.2. The molecule has 5 heteroatoms. The molecule has 2 heterocycles. The van der Waals surface area contributed by atoms with Crippen molar-refractivity contribution in [1.82, 2.24) is 4.98 Å². The molecule has 2 unspecified atom stereocenters. The number of carboxylic acid groups (broad SMARTS) is 1. The quantitative estimate of drug-likeness (QED) is 0.905. The summed E-state index contributed by atoms with van der Waals surface area (Å²) in [7, 11) is 0. The number of ether oxygens (including phenoxy) is 1. The largest absolute Gasteiger partial charge is 0.481 e. The lowest BCUT2D eigenvalue weighted by atomic mass is 9.74. The van der Waals surface area contributed by atoms with Crippen LogP contribution in [0.25, 0.3) is 0 Å². The first-order chi connectivity index (χ1) is 9.12. The summed E-state index contributed by atoms with van der Waals surface area (Å²) in [6, 6.07) is 1.36. The predicted octanol–water partition coefficient (Wildman–Crippen LogP) is 2.03. The lowest BCUT2D eigenvalue weighted by Gasteiger charge is -2.30. The van der Waals surface area contributed by atoms with E-state index in [2.05, 4.69) is 4.98 Å². The van der Waals surface area contributed by atoms with Crippen LogP contribution in [0.15, 0.2) is 18.5 Å². The molecule has 102 valence electrons. The third-order valence-corrected chi connectivity index (χ3v) is 4.15. The Bertz CT molecular complexity index is 503. The van der Waals surface area contributed by atoms with Gasteiger partial charge >= 0.3 is 5.97 Å². The predicted molar refractivity (Wildman–Crippen MR) is 65.0 cm³/mol. The van der Waals surface area contributed by atoms with Gasteiger partial charge in [0.25, 0.3) is 0 Å². The molecule has 3 rings (SSSR count). The van der Waals surface area contributed by atoms with E-state index in [1.165, 1.54) is 12.3 Å². The van der Waals surface area contributed by atoms with Crippen LogP contribution < -0.4 is 0 Å². The van der Waals surface area contributed by atoms with Gasteiger partial charge in [-0.25, -0.2) is 4.39 Å². The molecule has 0 spiro atoms. The summed E-state index contributed by atoms with van der Waals surface area (Å²) in [5, 5.41) is 9.65. The van der Waals surface area contributed by atoms with Crippen LogP contribution in [-0.4, -0.2) is 28.8 Å². The third kappa shape index (κ3) is 2.23. The Balaban J connectivity index is 1.90. The highest BCUT2D eigenvalue weighted by atomic mass is 19.1. The standard InChI is InChI=1S/C14H16FNO3/c15-11-5-9(7-16-8-11)6-14(13(17)18)3-4-19-12(14)10-1-2-10/h5,7-8,10,12H,1-4,6H2,(H,17,18). The normalized spacial score (nSPS) is 30.5. The fourth-order valence-electron chi connectivity index (χ4n) is 3.07. The third-order valence-electron chi connectivity index (χ3n) is 4.15. The van der Waals surface area contributed by atoms with E-state index in [0.717, 1.165) is 19.0 Å². The fraction of sp³-hybridized carbons (Fsp3) is 0.571. The molecule has 1 aliphatic carbocycles. The number of pyridine rings is 1. The molecule has 1 aromatic rings. The van der Waals surface area contributed by atoms with E-state index < -0.39 is 17.2 Å². The minimum absolute atomic E-state index is 0.242. The SMILES string of the molecule is O=C(O)C1(Cc2cncc(F)c2)CCOC1C1CC1. The molecule has 1 aromatic heterocycles. The maximum Gasteiger partial charge on any atom is 0.312 e. The van der Waals surface area contributed by atoms with Crippen LogP contribution in [0.5, 0.6) is 0 Å². The van der Waals surface area contributed by atoms with Gasteiger partial charge in [0.2, 0.25) is 0 Å². The number of carbonyl (C=O) groups is 1. The molecule has 1 saturated heterocycles. The second-order valence-electron chi connectivity index (χ2n) is 5.53. The van der Waals surface area contributed by atoms with Crippen LogP contribution in [0.4, 0.5) is 4.39 Å². The second kappa shape index (κ2) is 4.56. The van der Waals surface area contributed by atoms with Crippen LogP contribution in [0.2, 0.25) is 0 Å². The van der Waals surface area contributed by atoms with Crippen molar-refractivity contribution < 1.29 is 19.0 Å². The zero-order valence-electron chi connectivity index (χ0n) is 10.5. The summed E-state index contributed by atoms with van der Waals surface area (Å²) in [6.45, 7) is 0.468. The zero-order chi connectivity index (χ0) is 13.5. The van der Waals surface area contributed by atoms with Gasteiger partial charge in [-0.2, -0.15) is 0 Å². The molecule has 1 N–H and O–H groups in total. The molecule has 0 bridgehead atoms. The molecular weight excluding hydrogens is 249 g/mol. The van der Waals surface area contributed by atoms with E-state index in [1.807, 2.05) is 0 Å². The molecule has 2 fully saturated rings. The summed E-state index contributed by atoms with van der Waals surface area (Å²) >= 11 is 0. The molecule has 1 saturated carbocycles. The van der Waals surface area contributed by atoms with E-state index in [-0.39, 0.29) is 12.5 Å². The van der Waals surface area contributed by atoms with Crippen molar-refractivity contribution in [1.29, 1.82) is 0 Å². The van der Waals surface area contributed by atoms with E-state index in [9.17, 15) is 14.3 Å². The van der Waals surface area contributed by atoms with Crippen LogP contribution in [0.3, 0.4) is 0 Å². The average Bonchev–Trinajstić information content (AvgIpc) is 3.11. The Kier molecular flexibility index (Phi) is 3.01. The highest BCUT2D eigenvalue weighted by Gasteiger charge is 2.55. The number of carboxylic acids is 1. The number of aromatic nitrogens is 1. The van der Waals surface area contributed by atoms with Crippen molar-refractivity contribution in [3.8, 4) is 0 Å².